The maximum atomic E-state index is 13.4. The van der Waals surface area contributed by atoms with E-state index in [0.29, 0.717) is 24.2 Å². The summed E-state index contributed by atoms with van der Waals surface area (Å²) >= 11 is 0. The van der Waals surface area contributed by atoms with E-state index >= 15 is 0 Å². The van der Waals surface area contributed by atoms with Crippen LogP contribution in [0.15, 0.2) is 54.9 Å². The maximum Gasteiger partial charge on any atom is 0.270 e. The summed E-state index contributed by atoms with van der Waals surface area (Å²) in [5, 5.41) is 5.56. The second-order valence-electron chi connectivity index (χ2n) is 8.35. The minimum atomic E-state index is -0.477. The normalized spacial score (nSPS) is 11.5. The molecule has 0 fully saturated rings. The molecule has 1 atom stereocenters. The fourth-order valence-electron chi connectivity index (χ4n) is 3.66. The number of halogens is 1. The van der Waals surface area contributed by atoms with Crippen LogP contribution in [-0.2, 0) is 6.54 Å². The first-order chi connectivity index (χ1) is 17.2. The molecule has 3 aromatic rings. The van der Waals surface area contributed by atoms with Crippen molar-refractivity contribution in [2.24, 2.45) is 0 Å². The van der Waals surface area contributed by atoms with E-state index in [2.05, 4.69) is 20.6 Å². The molecule has 1 aromatic heterocycles. The third-order valence-electron chi connectivity index (χ3n) is 5.86. The number of amides is 3. The highest BCUT2D eigenvalue weighted by molar-refractivity contribution is 5.97. The zero-order valence-corrected chi connectivity index (χ0v) is 20.8. The van der Waals surface area contributed by atoms with Crippen LogP contribution in [0, 0.1) is 12.7 Å². The van der Waals surface area contributed by atoms with E-state index in [1.54, 1.807) is 48.2 Å². The van der Waals surface area contributed by atoms with Crippen LogP contribution >= 0.6 is 0 Å². The van der Waals surface area contributed by atoms with Crippen molar-refractivity contribution in [3.05, 3.63) is 94.3 Å². The van der Waals surface area contributed by atoms with Gasteiger partial charge in [0.1, 0.15) is 23.5 Å². The van der Waals surface area contributed by atoms with Gasteiger partial charge < -0.3 is 15.5 Å². The molecule has 0 aliphatic carbocycles. The molecule has 3 amide bonds. The van der Waals surface area contributed by atoms with Crippen molar-refractivity contribution in [3.8, 4) is 0 Å². The molecular weight excluding hydrogens is 461 g/mol. The lowest BCUT2D eigenvalue weighted by Crippen LogP contribution is -2.30. The smallest absolute Gasteiger partial charge is 0.270 e. The summed E-state index contributed by atoms with van der Waals surface area (Å²) in [7, 11) is 0. The van der Waals surface area contributed by atoms with Gasteiger partial charge in [-0.15, -0.1) is 0 Å². The monoisotopic (exact) mass is 491 g/mol. The summed E-state index contributed by atoms with van der Waals surface area (Å²) in [6.45, 7) is 8.79. The molecule has 0 radical (unpaired) electrons. The summed E-state index contributed by atoms with van der Waals surface area (Å²) in [6, 6.07) is 12.7. The molecule has 2 aromatic carbocycles. The Hall–Kier alpha value is -4.14. The van der Waals surface area contributed by atoms with Gasteiger partial charge in [0.15, 0.2) is 0 Å². The Morgan fingerprint density at radius 1 is 0.944 bits per heavy atom. The first kappa shape index (κ1) is 26.5. The van der Waals surface area contributed by atoms with Gasteiger partial charge in [-0.3, -0.25) is 14.4 Å². The van der Waals surface area contributed by atoms with E-state index < -0.39 is 11.8 Å². The van der Waals surface area contributed by atoms with Crippen LogP contribution in [0.1, 0.15) is 74.8 Å². The SMILES string of the molecule is CCN(CC)C(=O)c1ccc([C@H](C)NC(=O)c2cc(C(=O)NCc3ccc(F)c(C)c3)ncn2)cc1. The van der Waals surface area contributed by atoms with Crippen LogP contribution in [0.25, 0.3) is 0 Å². The van der Waals surface area contributed by atoms with E-state index in [-0.39, 0.29) is 35.7 Å². The van der Waals surface area contributed by atoms with Crippen LogP contribution in [-0.4, -0.2) is 45.7 Å². The summed E-state index contributed by atoms with van der Waals surface area (Å²) in [6.07, 6.45) is 1.16. The molecule has 0 aliphatic heterocycles. The van der Waals surface area contributed by atoms with Crippen molar-refractivity contribution >= 4 is 17.7 Å². The Bertz CT molecular complexity index is 1240. The van der Waals surface area contributed by atoms with Gasteiger partial charge in [-0.1, -0.05) is 24.3 Å². The minimum absolute atomic E-state index is 0.0374. The molecule has 8 nitrogen and oxygen atoms in total. The van der Waals surface area contributed by atoms with Crippen LogP contribution in [0.2, 0.25) is 0 Å². The summed E-state index contributed by atoms with van der Waals surface area (Å²) in [5.74, 6) is -1.29. The summed E-state index contributed by atoms with van der Waals surface area (Å²) < 4.78 is 13.4. The second kappa shape index (κ2) is 12.0. The van der Waals surface area contributed by atoms with Crippen molar-refractivity contribution in [1.82, 2.24) is 25.5 Å². The van der Waals surface area contributed by atoms with Gasteiger partial charge in [-0.2, -0.15) is 0 Å². The predicted octanol–water partition coefficient (Wildman–Crippen LogP) is 3.83. The highest BCUT2D eigenvalue weighted by atomic mass is 19.1. The molecule has 0 aliphatic rings. The first-order valence-corrected chi connectivity index (χ1v) is 11.8. The van der Waals surface area contributed by atoms with Crippen molar-refractivity contribution in [2.45, 2.75) is 40.3 Å². The predicted molar refractivity (Wildman–Crippen MR) is 134 cm³/mol. The number of benzene rings is 2. The van der Waals surface area contributed by atoms with Gasteiger partial charge >= 0.3 is 0 Å². The fourth-order valence-corrected chi connectivity index (χ4v) is 3.66. The van der Waals surface area contributed by atoms with Crippen molar-refractivity contribution in [3.63, 3.8) is 0 Å². The van der Waals surface area contributed by atoms with Crippen LogP contribution in [0.3, 0.4) is 0 Å². The molecule has 1 heterocycles. The highest BCUT2D eigenvalue weighted by Gasteiger charge is 2.17. The average molecular weight is 492 g/mol. The summed E-state index contributed by atoms with van der Waals surface area (Å²) in [4.78, 5) is 47.5. The molecule has 0 unspecified atom stereocenters. The number of carbonyl (C=O) groups is 3. The largest absolute Gasteiger partial charge is 0.347 e. The topological polar surface area (TPSA) is 104 Å². The van der Waals surface area contributed by atoms with E-state index in [4.69, 9.17) is 0 Å². The number of aryl methyl sites for hydroxylation is 1. The lowest BCUT2D eigenvalue weighted by Gasteiger charge is -2.19. The molecule has 9 heteroatoms. The number of hydrogen-bond donors (Lipinski definition) is 2. The van der Waals surface area contributed by atoms with E-state index in [0.717, 1.165) is 17.5 Å². The molecule has 0 bridgehead atoms. The molecule has 3 rings (SSSR count). The van der Waals surface area contributed by atoms with E-state index in [1.807, 2.05) is 20.8 Å². The molecule has 36 heavy (non-hydrogen) atoms. The quantitative estimate of drug-likeness (QED) is 0.474. The fraction of sp³-hybridized carbons (Fsp3) is 0.296. The lowest BCUT2D eigenvalue weighted by molar-refractivity contribution is 0.0772. The standard InChI is InChI=1S/C27H30FN5O3/c1-5-33(6-2)27(36)21-10-8-20(9-11-21)18(4)32-26(35)24-14-23(30-16-31-24)25(34)29-15-19-7-12-22(28)17(3)13-19/h7-14,16,18H,5-6,15H2,1-4H3,(H,29,34)(H,32,35)/t18-/m0/s1. The van der Waals surface area contributed by atoms with Gasteiger partial charge in [0.05, 0.1) is 6.04 Å². The zero-order valence-electron chi connectivity index (χ0n) is 20.8. The molecular formula is C27H30FN5O3. The van der Waals surface area contributed by atoms with Crippen LogP contribution in [0.5, 0.6) is 0 Å². The molecule has 0 saturated heterocycles. The average Bonchev–Trinajstić information content (AvgIpc) is 2.89. The first-order valence-electron chi connectivity index (χ1n) is 11.8. The van der Waals surface area contributed by atoms with Gasteiger partial charge in [-0.25, -0.2) is 14.4 Å². The van der Waals surface area contributed by atoms with Gasteiger partial charge in [0.2, 0.25) is 0 Å². The number of aromatic nitrogens is 2. The third-order valence-corrected chi connectivity index (χ3v) is 5.86. The van der Waals surface area contributed by atoms with Crippen molar-refractivity contribution in [1.29, 1.82) is 0 Å². The minimum Gasteiger partial charge on any atom is -0.347 e. The molecule has 0 spiro atoms. The van der Waals surface area contributed by atoms with Crippen molar-refractivity contribution < 1.29 is 18.8 Å². The Morgan fingerprint density at radius 2 is 1.58 bits per heavy atom. The Labute approximate surface area is 210 Å². The molecule has 0 saturated carbocycles. The van der Waals surface area contributed by atoms with E-state index in [9.17, 15) is 18.8 Å². The number of rotatable bonds is 9. The number of carbonyl (C=O) groups excluding carboxylic acids is 3. The van der Waals surface area contributed by atoms with Crippen molar-refractivity contribution in [2.75, 3.05) is 13.1 Å². The Kier molecular flexibility index (Phi) is 8.83. The van der Waals surface area contributed by atoms with Crippen LogP contribution < -0.4 is 10.6 Å². The van der Waals surface area contributed by atoms with Crippen LogP contribution in [0.4, 0.5) is 4.39 Å². The van der Waals surface area contributed by atoms with Gasteiger partial charge in [-0.05, 0) is 62.6 Å². The number of hydrogen-bond acceptors (Lipinski definition) is 5. The highest BCUT2D eigenvalue weighted by Crippen LogP contribution is 2.16. The Balaban J connectivity index is 1.62. The summed E-state index contributed by atoms with van der Waals surface area (Å²) in [5.41, 5.74) is 2.73. The third kappa shape index (κ3) is 6.50. The number of nitrogens with zero attached hydrogens (tertiary/aromatic N) is 3. The van der Waals surface area contributed by atoms with E-state index in [1.165, 1.54) is 12.1 Å². The number of nitrogens with one attached hydrogen (secondary N) is 2. The Morgan fingerprint density at radius 3 is 2.19 bits per heavy atom. The second-order valence-corrected chi connectivity index (χ2v) is 8.35. The zero-order chi connectivity index (χ0) is 26.2. The van der Waals surface area contributed by atoms with Gasteiger partial charge in [0.25, 0.3) is 17.7 Å². The van der Waals surface area contributed by atoms with Gasteiger partial charge in [0, 0.05) is 31.3 Å². The molecule has 2 N–H and O–H groups in total. The lowest BCUT2D eigenvalue weighted by atomic mass is 10.1. The maximum absolute atomic E-state index is 13.4. The molecule has 188 valence electrons.